The third kappa shape index (κ3) is 4.20. The lowest BCUT2D eigenvalue weighted by atomic mass is 9.86. The van der Waals surface area contributed by atoms with E-state index >= 15 is 0 Å². The molecule has 0 aliphatic rings. The summed E-state index contributed by atoms with van der Waals surface area (Å²) in [5.41, 5.74) is 6.18. The van der Waals surface area contributed by atoms with E-state index in [2.05, 4.69) is 61.4 Å². The number of thiazole rings is 1. The van der Waals surface area contributed by atoms with Gasteiger partial charge in [0, 0.05) is 16.5 Å². The lowest BCUT2D eigenvalue weighted by molar-refractivity contribution is 0.102. The predicted molar refractivity (Wildman–Crippen MR) is 110 cm³/mol. The molecule has 1 amide bonds. The van der Waals surface area contributed by atoms with Gasteiger partial charge >= 0.3 is 0 Å². The van der Waals surface area contributed by atoms with E-state index in [1.54, 1.807) is 0 Å². The third-order valence-corrected chi connectivity index (χ3v) is 5.01. The summed E-state index contributed by atoms with van der Waals surface area (Å²) in [6, 6.07) is 14.3. The van der Waals surface area contributed by atoms with Crippen molar-refractivity contribution in [3.63, 3.8) is 0 Å². The lowest BCUT2D eigenvalue weighted by Gasteiger charge is -2.18. The fourth-order valence-electron chi connectivity index (χ4n) is 2.88. The van der Waals surface area contributed by atoms with E-state index in [0.717, 1.165) is 22.4 Å². The monoisotopic (exact) mass is 364 g/mol. The third-order valence-electron chi connectivity index (χ3n) is 4.26. The fraction of sp³-hybridized carbons (Fsp3) is 0.273. The van der Waals surface area contributed by atoms with Crippen molar-refractivity contribution >= 4 is 22.4 Å². The molecule has 0 fully saturated rings. The van der Waals surface area contributed by atoms with Gasteiger partial charge in [0.15, 0.2) is 5.13 Å². The smallest absolute Gasteiger partial charge is 0.257 e. The maximum Gasteiger partial charge on any atom is 0.257 e. The first kappa shape index (κ1) is 18.3. The van der Waals surface area contributed by atoms with Crippen LogP contribution >= 0.6 is 11.3 Å². The van der Waals surface area contributed by atoms with Gasteiger partial charge in [-0.25, -0.2) is 4.98 Å². The molecule has 1 heterocycles. The van der Waals surface area contributed by atoms with Crippen LogP contribution in [-0.2, 0) is 5.41 Å². The number of hydrogen-bond donors (Lipinski definition) is 1. The Hall–Kier alpha value is -2.46. The number of carbonyl (C=O) groups excluding carboxylic acids is 1. The second-order valence-corrected chi connectivity index (χ2v) is 8.55. The molecule has 0 saturated heterocycles. The summed E-state index contributed by atoms with van der Waals surface area (Å²) in [4.78, 5) is 17.0. The molecule has 0 saturated carbocycles. The Morgan fingerprint density at radius 2 is 1.62 bits per heavy atom. The Bertz CT molecular complexity index is 913. The van der Waals surface area contributed by atoms with Crippen molar-refractivity contribution in [2.75, 3.05) is 5.32 Å². The highest BCUT2D eigenvalue weighted by Gasteiger charge is 2.14. The van der Waals surface area contributed by atoms with Crippen LogP contribution in [0.4, 0.5) is 5.13 Å². The Morgan fingerprint density at radius 1 is 1.00 bits per heavy atom. The fourth-order valence-corrected chi connectivity index (χ4v) is 3.59. The zero-order chi connectivity index (χ0) is 18.9. The lowest BCUT2D eigenvalue weighted by Crippen LogP contribution is -2.12. The zero-order valence-electron chi connectivity index (χ0n) is 15.9. The first-order chi connectivity index (χ1) is 12.2. The van der Waals surface area contributed by atoms with Crippen LogP contribution in [0.25, 0.3) is 11.3 Å². The number of aryl methyl sites for hydroxylation is 2. The van der Waals surface area contributed by atoms with Crippen LogP contribution in [0.15, 0.2) is 47.8 Å². The van der Waals surface area contributed by atoms with Crippen LogP contribution in [0.2, 0.25) is 0 Å². The molecule has 0 bridgehead atoms. The Balaban J connectivity index is 1.76. The quantitative estimate of drug-likeness (QED) is 0.621. The van der Waals surface area contributed by atoms with Crippen LogP contribution in [0, 0.1) is 13.8 Å². The maximum atomic E-state index is 12.5. The van der Waals surface area contributed by atoms with E-state index in [1.165, 1.54) is 16.9 Å². The van der Waals surface area contributed by atoms with Gasteiger partial charge in [-0.1, -0.05) is 62.2 Å². The molecule has 26 heavy (non-hydrogen) atoms. The number of nitrogens with one attached hydrogen (secondary N) is 1. The van der Waals surface area contributed by atoms with Gasteiger partial charge in [-0.05, 0) is 37.0 Å². The van der Waals surface area contributed by atoms with Gasteiger partial charge in [-0.3, -0.25) is 10.1 Å². The van der Waals surface area contributed by atoms with Gasteiger partial charge in [-0.15, -0.1) is 11.3 Å². The summed E-state index contributed by atoms with van der Waals surface area (Å²) in [6.45, 7) is 10.6. The second-order valence-electron chi connectivity index (χ2n) is 7.70. The molecule has 0 spiro atoms. The molecular formula is C22H24N2OS. The Kier molecular flexibility index (Phi) is 4.97. The SMILES string of the molecule is Cc1cc(C)cc(C(=O)Nc2nc(-c3ccc(C(C)(C)C)cc3)cs2)c1. The number of amides is 1. The van der Waals surface area contributed by atoms with E-state index in [1.807, 2.05) is 31.4 Å². The van der Waals surface area contributed by atoms with Gasteiger partial charge in [-0.2, -0.15) is 0 Å². The molecule has 0 unspecified atom stereocenters. The minimum atomic E-state index is -0.124. The van der Waals surface area contributed by atoms with Crippen molar-refractivity contribution in [2.24, 2.45) is 0 Å². The molecule has 0 radical (unpaired) electrons. The van der Waals surface area contributed by atoms with Crippen LogP contribution in [0.5, 0.6) is 0 Å². The van der Waals surface area contributed by atoms with E-state index < -0.39 is 0 Å². The van der Waals surface area contributed by atoms with Crippen molar-refractivity contribution in [3.8, 4) is 11.3 Å². The molecule has 2 aromatic carbocycles. The number of aromatic nitrogens is 1. The Morgan fingerprint density at radius 3 is 2.19 bits per heavy atom. The highest BCUT2D eigenvalue weighted by molar-refractivity contribution is 7.14. The average molecular weight is 365 g/mol. The summed E-state index contributed by atoms with van der Waals surface area (Å²) in [5, 5.41) is 5.50. The van der Waals surface area contributed by atoms with Crippen molar-refractivity contribution in [3.05, 3.63) is 70.1 Å². The van der Waals surface area contributed by atoms with Crippen molar-refractivity contribution < 1.29 is 4.79 Å². The summed E-state index contributed by atoms with van der Waals surface area (Å²) >= 11 is 1.44. The molecule has 3 aromatic rings. The minimum absolute atomic E-state index is 0.124. The molecule has 4 heteroatoms. The molecular weight excluding hydrogens is 340 g/mol. The van der Waals surface area contributed by atoms with Crippen molar-refractivity contribution in [1.82, 2.24) is 4.98 Å². The maximum absolute atomic E-state index is 12.5. The predicted octanol–water partition coefficient (Wildman–Crippen LogP) is 5.98. The molecule has 1 aromatic heterocycles. The molecule has 3 nitrogen and oxygen atoms in total. The molecule has 0 aliphatic carbocycles. The van der Waals surface area contributed by atoms with Crippen LogP contribution in [0.3, 0.4) is 0 Å². The van der Waals surface area contributed by atoms with Gasteiger partial charge in [0.05, 0.1) is 5.69 Å². The van der Waals surface area contributed by atoms with Crippen molar-refractivity contribution in [2.45, 2.75) is 40.0 Å². The number of benzene rings is 2. The standard InChI is InChI=1S/C22H24N2OS/c1-14-10-15(2)12-17(11-14)20(25)24-21-23-19(13-26-21)16-6-8-18(9-7-16)22(3,4)5/h6-13H,1-5H3,(H,23,24,25). The molecule has 1 N–H and O–H groups in total. The van der Waals surface area contributed by atoms with E-state index in [4.69, 9.17) is 0 Å². The number of nitrogens with zero attached hydrogens (tertiary/aromatic N) is 1. The number of hydrogen-bond acceptors (Lipinski definition) is 3. The molecule has 0 aliphatic heterocycles. The van der Waals surface area contributed by atoms with Crippen LogP contribution in [0.1, 0.15) is 47.8 Å². The summed E-state index contributed by atoms with van der Waals surface area (Å²) in [6.07, 6.45) is 0. The first-order valence-electron chi connectivity index (χ1n) is 8.68. The number of anilines is 1. The number of carbonyl (C=O) groups is 1. The summed E-state index contributed by atoms with van der Waals surface area (Å²) < 4.78 is 0. The topological polar surface area (TPSA) is 42.0 Å². The second kappa shape index (κ2) is 7.04. The van der Waals surface area contributed by atoms with E-state index in [9.17, 15) is 4.79 Å². The molecule has 134 valence electrons. The van der Waals surface area contributed by atoms with Crippen LogP contribution in [-0.4, -0.2) is 10.9 Å². The zero-order valence-corrected chi connectivity index (χ0v) is 16.7. The van der Waals surface area contributed by atoms with E-state index in [0.29, 0.717) is 10.7 Å². The van der Waals surface area contributed by atoms with Gasteiger partial charge in [0.1, 0.15) is 0 Å². The molecule has 0 atom stereocenters. The highest BCUT2D eigenvalue weighted by atomic mass is 32.1. The summed E-state index contributed by atoms with van der Waals surface area (Å²) in [7, 11) is 0. The minimum Gasteiger partial charge on any atom is -0.298 e. The molecule has 3 rings (SSSR count). The van der Waals surface area contributed by atoms with Gasteiger partial charge in [0.2, 0.25) is 0 Å². The normalized spacial score (nSPS) is 11.4. The van der Waals surface area contributed by atoms with Gasteiger partial charge < -0.3 is 0 Å². The van der Waals surface area contributed by atoms with Gasteiger partial charge in [0.25, 0.3) is 5.91 Å². The first-order valence-corrected chi connectivity index (χ1v) is 9.56. The number of rotatable bonds is 3. The van der Waals surface area contributed by atoms with E-state index in [-0.39, 0.29) is 11.3 Å². The van der Waals surface area contributed by atoms with Crippen molar-refractivity contribution in [1.29, 1.82) is 0 Å². The summed E-state index contributed by atoms with van der Waals surface area (Å²) in [5.74, 6) is -0.124. The largest absolute Gasteiger partial charge is 0.298 e. The van der Waals surface area contributed by atoms with Crippen LogP contribution < -0.4 is 5.32 Å². The average Bonchev–Trinajstić information content (AvgIpc) is 3.01. The highest BCUT2D eigenvalue weighted by Crippen LogP contribution is 2.28. The Labute approximate surface area is 159 Å².